The van der Waals surface area contributed by atoms with Crippen LogP contribution in [-0.2, 0) is 4.74 Å². The predicted molar refractivity (Wildman–Crippen MR) is 104 cm³/mol. The number of hydrazone groups is 1. The molecule has 2 aliphatic rings. The molecule has 0 saturated heterocycles. The van der Waals surface area contributed by atoms with Gasteiger partial charge in [0.15, 0.2) is 0 Å². The lowest BCUT2D eigenvalue weighted by Gasteiger charge is -2.27. The number of carbonyl (C=O) groups excluding carboxylic acids is 1. The fourth-order valence-corrected chi connectivity index (χ4v) is 2.86. The molecule has 0 aromatic heterocycles. The van der Waals surface area contributed by atoms with Crippen molar-refractivity contribution in [1.82, 2.24) is 10.0 Å². The van der Waals surface area contributed by atoms with E-state index in [0.717, 1.165) is 30.0 Å². The number of hydrazine groups is 1. The molecular weight excluding hydrogens is 364 g/mol. The Labute approximate surface area is 163 Å². The summed E-state index contributed by atoms with van der Waals surface area (Å²) in [4.78, 5) is 18.0. The molecular formula is C16H26N10O2. The summed E-state index contributed by atoms with van der Waals surface area (Å²) in [6.45, 7) is 3.04. The highest BCUT2D eigenvalue weighted by Crippen LogP contribution is 2.28. The van der Waals surface area contributed by atoms with Crippen LogP contribution in [0.3, 0.4) is 0 Å². The molecule has 0 spiro atoms. The van der Waals surface area contributed by atoms with Gasteiger partial charge in [-0.3, -0.25) is 5.84 Å². The average Bonchev–Trinajstić information content (AvgIpc) is 3.50. The Kier molecular flexibility index (Phi) is 7.65. The first-order valence-corrected chi connectivity index (χ1v) is 9.16. The van der Waals surface area contributed by atoms with Gasteiger partial charge in [-0.2, -0.15) is 10.1 Å². The van der Waals surface area contributed by atoms with Gasteiger partial charge in [0.05, 0.1) is 13.1 Å². The van der Waals surface area contributed by atoms with Crippen molar-refractivity contribution in [2.75, 3.05) is 13.1 Å². The molecule has 0 radical (unpaired) electrons. The second-order valence-electron chi connectivity index (χ2n) is 7.27. The van der Waals surface area contributed by atoms with Crippen molar-refractivity contribution in [2.45, 2.75) is 63.6 Å². The van der Waals surface area contributed by atoms with Gasteiger partial charge in [-0.15, -0.1) is 0 Å². The van der Waals surface area contributed by atoms with Gasteiger partial charge in [-0.25, -0.2) is 9.80 Å². The lowest BCUT2D eigenvalue weighted by Crippen LogP contribution is -2.42. The van der Waals surface area contributed by atoms with Crippen LogP contribution in [0.4, 0.5) is 4.79 Å². The number of ether oxygens (including phenoxy) is 1. The van der Waals surface area contributed by atoms with Gasteiger partial charge >= 0.3 is 6.09 Å². The first kappa shape index (κ1) is 21.5. The van der Waals surface area contributed by atoms with Crippen LogP contribution in [0, 0.1) is 0 Å². The summed E-state index contributed by atoms with van der Waals surface area (Å²) in [7, 11) is 0. The number of carbonyl (C=O) groups is 1. The number of nitrogens with two attached hydrogens (primary N) is 1. The van der Waals surface area contributed by atoms with E-state index < -0.39 is 11.7 Å². The van der Waals surface area contributed by atoms with Crippen LogP contribution in [-0.4, -0.2) is 52.6 Å². The smallest absolute Gasteiger partial charge is 0.435 e. The highest BCUT2D eigenvalue weighted by molar-refractivity contribution is 5.83. The van der Waals surface area contributed by atoms with Crippen LogP contribution in [0.5, 0.6) is 0 Å². The fraction of sp³-hybridized carbons (Fsp3) is 0.750. The Bertz CT molecular complexity index is 699. The Morgan fingerprint density at radius 1 is 1.36 bits per heavy atom. The lowest BCUT2D eigenvalue weighted by molar-refractivity contribution is 0.0209. The van der Waals surface area contributed by atoms with Gasteiger partial charge in [0.1, 0.15) is 5.60 Å². The van der Waals surface area contributed by atoms with Crippen molar-refractivity contribution in [1.29, 1.82) is 0 Å². The van der Waals surface area contributed by atoms with Crippen molar-refractivity contribution in [3.8, 4) is 0 Å². The van der Waals surface area contributed by atoms with Crippen molar-refractivity contribution in [3.63, 3.8) is 0 Å². The standard InChI is InChI=1S/C16H26N10O2/c1-12-5-6-13(26(19)14-7-8-14)4-3-9-25(22-12)15(27)28-16(2,10-20-23-17)11-21-24-18/h3,9,13-14H,4-8,10-11,19H2,1-2H3/b9-3+,22-12+. The highest BCUT2D eigenvalue weighted by Gasteiger charge is 2.32. The molecule has 12 nitrogen and oxygen atoms in total. The summed E-state index contributed by atoms with van der Waals surface area (Å²) in [5, 5.41) is 14.2. The Balaban J connectivity index is 2.10. The molecule has 1 fully saturated rings. The quantitative estimate of drug-likeness (QED) is 0.230. The fourth-order valence-electron chi connectivity index (χ4n) is 2.86. The molecule has 1 heterocycles. The summed E-state index contributed by atoms with van der Waals surface area (Å²) < 4.78 is 5.45. The van der Waals surface area contributed by atoms with Gasteiger partial charge in [0.25, 0.3) is 0 Å². The third kappa shape index (κ3) is 6.43. The second-order valence-corrected chi connectivity index (χ2v) is 7.27. The summed E-state index contributed by atoms with van der Waals surface area (Å²) in [5.41, 5.74) is 16.6. The highest BCUT2D eigenvalue weighted by atomic mass is 16.6. The van der Waals surface area contributed by atoms with Gasteiger partial charge in [0, 0.05) is 33.8 Å². The third-order valence-electron chi connectivity index (χ3n) is 4.62. The van der Waals surface area contributed by atoms with E-state index in [-0.39, 0.29) is 19.1 Å². The van der Waals surface area contributed by atoms with E-state index in [2.05, 4.69) is 25.2 Å². The van der Waals surface area contributed by atoms with Crippen molar-refractivity contribution in [3.05, 3.63) is 33.2 Å². The Morgan fingerprint density at radius 3 is 2.57 bits per heavy atom. The Hall–Kier alpha value is -2.78. The maximum absolute atomic E-state index is 12.6. The summed E-state index contributed by atoms with van der Waals surface area (Å²) >= 11 is 0. The number of hydrogen-bond acceptors (Lipinski definition) is 7. The van der Waals surface area contributed by atoms with E-state index in [4.69, 9.17) is 21.6 Å². The van der Waals surface area contributed by atoms with Gasteiger partial charge < -0.3 is 4.74 Å². The van der Waals surface area contributed by atoms with Crippen LogP contribution >= 0.6 is 0 Å². The molecule has 28 heavy (non-hydrogen) atoms. The molecule has 0 bridgehead atoms. The third-order valence-corrected chi connectivity index (χ3v) is 4.62. The van der Waals surface area contributed by atoms with Crippen molar-refractivity contribution < 1.29 is 9.53 Å². The van der Waals surface area contributed by atoms with Crippen LogP contribution in [0.15, 0.2) is 27.6 Å². The van der Waals surface area contributed by atoms with E-state index in [9.17, 15) is 4.79 Å². The van der Waals surface area contributed by atoms with E-state index in [1.807, 2.05) is 18.0 Å². The van der Waals surface area contributed by atoms with E-state index in [0.29, 0.717) is 18.9 Å². The molecule has 1 aliphatic heterocycles. The minimum Gasteiger partial charge on any atom is -0.441 e. The topological polar surface area (TPSA) is 169 Å². The molecule has 1 amide bonds. The number of rotatable bonds is 7. The van der Waals surface area contributed by atoms with Crippen molar-refractivity contribution >= 4 is 11.8 Å². The molecule has 0 aromatic carbocycles. The zero-order chi connectivity index (χ0) is 20.6. The SMILES string of the molecule is C/C1=N\N(C(=O)OC(C)(CN=[N+]=[N-])CN=[N+]=[N-])/C=C/CC(N(N)C2CC2)CC1. The van der Waals surface area contributed by atoms with Crippen LogP contribution in [0.25, 0.3) is 20.9 Å². The molecule has 0 aromatic rings. The first-order chi connectivity index (χ1) is 13.4. The van der Waals surface area contributed by atoms with Crippen molar-refractivity contribution in [2.24, 2.45) is 21.2 Å². The maximum atomic E-state index is 12.6. The number of nitrogens with zero attached hydrogens (tertiary/aromatic N) is 9. The first-order valence-electron chi connectivity index (χ1n) is 9.16. The van der Waals surface area contributed by atoms with Crippen LogP contribution < -0.4 is 5.84 Å². The summed E-state index contributed by atoms with van der Waals surface area (Å²) in [6.07, 6.45) is 7.13. The molecule has 2 rings (SSSR count). The Morgan fingerprint density at radius 2 is 2.00 bits per heavy atom. The molecule has 1 aliphatic carbocycles. The monoisotopic (exact) mass is 390 g/mol. The molecule has 152 valence electrons. The molecule has 1 saturated carbocycles. The predicted octanol–water partition coefficient (Wildman–Crippen LogP) is 3.58. The zero-order valence-corrected chi connectivity index (χ0v) is 16.2. The summed E-state index contributed by atoms with van der Waals surface area (Å²) in [5.74, 6) is 6.22. The summed E-state index contributed by atoms with van der Waals surface area (Å²) in [6, 6.07) is 0.629. The van der Waals surface area contributed by atoms with Gasteiger partial charge in [-0.05, 0) is 57.0 Å². The van der Waals surface area contributed by atoms with Gasteiger partial charge in [0.2, 0.25) is 0 Å². The van der Waals surface area contributed by atoms with Crippen LogP contribution in [0.1, 0.15) is 46.0 Å². The number of azide groups is 2. The normalized spacial score (nSPS) is 24.9. The molecule has 2 N–H and O–H groups in total. The molecule has 1 unspecified atom stereocenters. The van der Waals surface area contributed by atoms with Gasteiger partial charge in [-0.1, -0.05) is 16.3 Å². The maximum Gasteiger partial charge on any atom is 0.435 e. The van der Waals surface area contributed by atoms with E-state index in [1.165, 1.54) is 6.92 Å². The average molecular weight is 390 g/mol. The van der Waals surface area contributed by atoms with Crippen LogP contribution in [0.2, 0.25) is 0 Å². The largest absolute Gasteiger partial charge is 0.441 e. The number of hydrogen-bond donors (Lipinski definition) is 1. The lowest BCUT2D eigenvalue weighted by atomic mass is 10.1. The van der Waals surface area contributed by atoms with E-state index in [1.54, 1.807) is 6.20 Å². The number of amides is 1. The second kappa shape index (κ2) is 9.95. The zero-order valence-electron chi connectivity index (χ0n) is 16.2. The van der Waals surface area contributed by atoms with E-state index >= 15 is 0 Å². The molecule has 12 heteroatoms. The minimum atomic E-state index is -1.27. The minimum absolute atomic E-state index is 0.167. The molecule has 1 atom stereocenters.